The maximum atomic E-state index is 13.8. The van der Waals surface area contributed by atoms with Crippen molar-refractivity contribution in [2.75, 3.05) is 0 Å². The molecular formula is C16H23F. The van der Waals surface area contributed by atoms with Gasteiger partial charge >= 0.3 is 0 Å². The standard InChI is InChI=1S/C16H23F/c1-15(2,3)13-9-7-12(8-10-13)11-14(17)16(4,5)6/h7-11H,1-6H3/b14-11-. The van der Waals surface area contributed by atoms with Crippen molar-refractivity contribution in [1.82, 2.24) is 0 Å². The van der Waals surface area contributed by atoms with Gasteiger partial charge < -0.3 is 0 Å². The number of allylic oxidation sites excluding steroid dienone is 1. The predicted octanol–water partition coefficient (Wildman–Crippen LogP) is 5.34. The molecule has 94 valence electrons. The second-order valence-corrected chi connectivity index (χ2v) is 6.61. The van der Waals surface area contributed by atoms with Crippen LogP contribution in [0.4, 0.5) is 4.39 Å². The number of rotatable bonds is 1. The van der Waals surface area contributed by atoms with Crippen molar-refractivity contribution in [3.63, 3.8) is 0 Å². The lowest BCUT2D eigenvalue weighted by molar-refractivity contribution is 0.389. The van der Waals surface area contributed by atoms with Crippen molar-refractivity contribution in [3.8, 4) is 0 Å². The van der Waals surface area contributed by atoms with Gasteiger partial charge in [0.05, 0.1) is 0 Å². The van der Waals surface area contributed by atoms with Gasteiger partial charge in [0.25, 0.3) is 0 Å². The molecule has 1 aromatic carbocycles. The van der Waals surface area contributed by atoms with Crippen LogP contribution < -0.4 is 0 Å². The SMILES string of the molecule is CC(C)(C)/C(F)=C/c1ccc(C(C)(C)C)cc1. The first-order valence-electron chi connectivity index (χ1n) is 6.09. The summed E-state index contributed by atoms with van der Waals surface area (Å²) in [5.41, 5.74) is 1.92. The van der Waals surface area contributed by atoms with Gasteiger partial charge in [0.2, 0.25) is 0 Å². The van der Waals surface area contributed by atoms with Crippen LogP contribution in [0.5, 0.6) is 0 Å². The van der Waals surface area contributed by atoms with Crippen LogP contribution in [0.2, 0.25) is 0 Å². The lowest BCUT2D eigenvalue weighted by Crippen LogP contribution is -2.10. The molecule has 0 aliphatic carbocycles. The first-order valence-corrected chi connectivity index (χ1v) is 6.09. The molecule has 1 heteroatoms. The summed E-state index contributed by atoms with van der Waals surface area (Å²) in [6.45, 7) is 12.2. The molecule has 1 aromatic rings. The monoisotopic (exact) mass is 234 g/mol. The van der Waals surface area contributed by atoms with E-state index in [2.05, 4.69) is 32.9 Å². The molecular weight excluding hydrogens is 211 g/mol. The van der Waals surface area contributed by atoms with E-state index in [-0.39, 0.29) is 11.2 Å². The molecule has 0 spiro atoms. The van der Waals surface area contributed by atoms with Gasteiger partial charge in [-0.1, -0.05) is 65.8 Å². The third-order valence-electron chi connectivity index (χ3n) is 2.79. The molecule has 0 saturated carbocycles. The van der Waals surface area contributed by atoms with Crippen LogP contribution in [0.1, 0.15) is 52.7 Å². The van der Waals surface area contributed by atoms with Crippen LogP contribution in [-0.4, -0.2) is 0 Å². The lowest BCUT2D eigenvalue weighted by atomic mass is 9.86. The summed E-state index contributed by atoms with van der Waals surface area (Å²) in [6.07, 6.45) is 1.62. The fraction of sp³-hybridized carbons (Fsp3) is 0.500. The van der Waals surface area contributed by atoms with E-state index < -0.39 is 5.41 Å². The molecule has 0 unspecified atom stereocenters. The van der Waals surface area contributed by atoms with Gasteiger partial charge in [-0.2, -0.15) is 0 Å². The summed E-state index contributed by atoms with van der Waals surface area (Å²) in [5, 5.41) is 0. The Bertz CT molecular complexity index is 397. The Morgan fingerprint density at radius 2 is 1.41 bits per heavy atom. The summed E-state index contributed by atoms with van der Waals surface area (Å²) in [4.78, 5) is 0. The van der Waals surface area contributed by atoms with Gasteiger partial charge in [0.1, 0.15) is 5.83 Å². The second-order valence-electron chi connectivity index (χ2n) is 6.61. The zero-order valence-electron chi connectivity index (χ0n) is 11.8. The summed E-state index contributed by atoms with van der Waals surface area (Å²) in [5.74, 6) is -0.0824. The zero-order chi connectivity index (χ0) is 13.3. The second kappa shape index (κ2) is 4.64. The Labute approximate surface area is 105 Å². The highest BCUT2D eigenvalue weighted by atomic mass is 19.1. The molecule has 0 radical (unpaired) electrons. The molecule has 0 saturated heterocycles. The minimum absolute atomic E-state index is 0.0824. The summed E-state index contributed by atoms with van der Waals surface area (Å²) >= 11 is 0. The molecule has 0 bridgehead atoms. The van der Waals surface area contributed by atoms with E-state index in [0.29, 0.717) is 0 Å². The summed E-state index contributed by atoms with van der Waals surface area (Å²) < 4.78 is 13.8. The Hall–Kier alpha value is -1.11. The Morgan fingerprint density at radius 3 is 1.76 bits per heavy atom. The van der Waals surface area contributed by atoms with Gasteiger partial charge in [-0.3, -0.25) is 0 Å². The molecule has 0 nitrogen and oxygen atoms in total. The molecule has 0 heterocycles. The van der Waals surface area contributed by atoms with E-state index in [9.17, 15) is 4.39 Å². The number of hydrogen-bond donors (Lipinski definition) is 0. The van der Waals surface area contributed by atoms with E-state index >= 15 is 0 Å². The topological polar surface area (TPSA) is 0 Å². The Morgan fingerprint density at radius 1 is 0.941 bits per heavy atom. The number of benzene rings is 1. The fourth-order valence-corrected chi connectivity index (χ4v) is 1.44. The number of halogens is 1. The van der Waals surface area contributed by atoms with E-state index in [4.69, 9.17) is 0 Å². The van der Waals surface area contributed by atoms with Crippen LogP contribution >= 0.6 is 0 Å². The minimum atomic E-state index is -0.414. The van der Waals surface area contributed by atoms with Gasteiger partial charge in [0.15, 0.2) is 0 Å². The van der Waals surface area contributed by atoms with E-state index in [1.165, 1.54) is 5.56 Å². The third-order valence-corrected chi connectivity index (χ3v) is 2.79. The van der Waals surface area contributed by atoms with E-state index in [0.717, 1.165) is 5.56 Å². The maximum Gasteiger partial charge on any atom is 0.106 e. The largest absolute Gasteiger partial charge is 0.211 e. The molecule has 0 aliphatic heterocycles. The van der Waals surface area contributed by atoms with Crippen LogP contribution in [0, 0.1) is 5.41 Å². The lowest BCUT2D eigenvalue weighted by Gasteiger charge is -2.19. The minimum Gasteiger partial charge on any atom is -0.211 e. The molecule has 17 heavy (non-hydrogen) atoms. The average Bonchev–Trinajstić information content (AvgIpc) is 2.15. The average molecular weight is 234 g/mol. The van der Waals surface area contributed by atoms with Gasteiger partial charge in [0, 0.05) is 5.41 Å². The van der Waals surface area contributed by atoms with Crippen LogP contribution in [0.15, 0.2) is 30.1 Å². The molecule has 0 amide bonds. The summed E-state index contributed by atoms with van der Waals surface area (Å²) in [7, 11) is 0. The molecule has 0 fully saturated rings. The fourth-order valence-electron chi connectivity index (χ4n) is 1.44. The van der Waals surface area contributed by atoms with Crippen LogP contribution in [0.25, 0.3) is 6.08 Å². The molecule has 1 rings (SSSR count). The van der Waals surface area contributed by atoms with Crippen LogP contribution in [-0.2, 0) is 5.41 Å². The van der Waals surface area contributed by atoms with Crippen molar-refractivity contribution in [1.29, 1.82) is 0 Å². The Balaban J connectivity index is 2.97. The van der Waals surface area contributed by atoms with Crippen molar-refractivity contribution in [2.24, 2.45) is 5.41 Å². The highest BCUT2D eigenvalue weighted by Gasteiger charge is 2.17. The number of hydrogen-bond acceptors (Lipinski definition) is 0. The van der Waals surface area contributed by atoms with Crippen molar-refractivity contribution < 1.29 is 4.39 Å². The molecule has 0 atom stereocenters. The third kappa shape index (κ3) is 3.99. The first kappa shape index (κ1) is 14.0. The van der Waals surface area contributed by atoms with Gasteiger partial charge in [-0.05, 0) is 22.6 Å². The van der Waals surface area contributed by atoms with Crippen molar-refractivity contribution in [3.05, 3.63) is 41.2 Å². The van der Waals surface area contributed by atoms with Crippen molar-refractivity contribution in [2.45, 2.75) is 47.0 Å². The molecule has 0 aliphatic rings. The van der Waals surface area contributed by atoms with E-state index in [1.807, 2.05) is 32.9 Å². The first-order chi connectivity index (χ1) is 7.60. The quantitative estimate of drug-likeness (QED) is 0.615. The smallest absolute Gasteiger partial charge is 0.106 e. The zero-order valence-corrected chi connectivity index (χ0v) is 11.8. The molecule has 0 aromatic heterocycles. The van der Waals surface area contributed by atoms with Crippen molar-refractivity contribution >= 4 is 6.08 Å². The highest BCUT2D eigenvalue weighted by Crippen LogP contribution is 2.29. The Kier molecular flexibility index (Phi) is 3.81. The molecule has 0 N–H and O–H groups in total. The predicted molar refractivity (Wildman–Crippen MR) is 73.7 cm³/mol. The maximum absolute atomic E-state index is 13.8. The summed E-state index contributed by atoms with van der Waals surface area (Å²) in [6, 6.07) is 8.10. The highest BCUT2D eigenvalue weighted by molar-refractivity contribution is 5.53. The van der Waals surface area contributed by atoms with Gasteiger partial charge in [-0.15, -0.1) is 0 Å². The van der Waals surface area contributed by atoms with Gasteiger partial charge in [-0.25, -0.2) is 4.39 Å². The normalized spacial score (nSPS) is 13.9. The van der Waals surface area contributed by atoms with Crippen LogP contribution in [0.3, 0.4) is 0 Å². The van der Waals surface area contributed by atoms with E-state index in [1.54, 1.807) is 6.08 Å².